The number of rotatable bonds is 5. The van der Waals surface area contributed by atoms with Crippen molar-refractivity contribution in [1.29, 1.82) is 0 Å². The first-order chi connectivity index (χ1) is 9.01. The molecule has 1 heterocycles. The van der Waals surface area contributed by atoms with Crippen molar-refractivity contribution in [2.75, 3.05) is 13.2 Å². The standard InChI is InChI=1S/C14H22O5/c1-4-17-14(16)8-10(2)7-13-9-12(5-6-18-13)19-11(3)15/h8,12-13H,4-7,9H2,1-3H3/b10-8-. The molecule has 1 rings (SSSR count). The summed E-state index contributed by atoms with van der Waals surface area (Å²) in [6.07, 6.45) is 3.46. The third-order valence-corrected chi connectivity index (χ3v) is 2.85. The normalized spacial score (nSPS) is 23.8. The van der Waals surface area contributed by atoms with Crippen LogP contribution in [0.25, 0.3) is 0 Å². The SMILES string of the molecule is CCOC(=O)/C=C(/C)CC1CC(OC(C)=O)CCO1. The monoisotopic (exact) mass is 270 g/mol. The molecule has 0 aromatic heterocycles. The fourth-order valence-corrected chi connectivity index (χ4v) is 2.13. The van der Waals surface area contributed by atoms with Gasteiger partial charge in [0.25, 0.3) is 0 Å². The molecule has 1 saturated heterocycles. The van der Waals surface area contributed by atoms with Crippen molar-refractivity contribution < 1.29 is 23.8 Å². The van der Waals surface area contributed by atoms with Crippen LogP contribution in [-0.4, -0.2) is 37.4 Å². The second kappa shape index (κ2) is 7.94. The molecule has 1 fully saturated rings. The van der Waals surface area contributed by atoms with E-state index in [9.17, 15) is 9.59 Å². The minimum Gasteiger partial charge on any atom is -0.463 e. The summed E-state index contributed by atoms with van der Waals surface area (Å²) in [4.78, 5) is 22.2. The van der Waals surface area contributed by atoms with Gasteiger partial charge in [0.15, 0.2) is 0 Å². The topological polar surface area (TPSA) is 61.8 Å². The van der Waals surface area contributed by atoms with E-state index < -0.39 is 0 Å². The number of carbonyl (C=O) groups is 2. The number of esters is 2. The molecular weight excluding hydrogens is 248 g/mol. The zero-order valence-corrected chi connectivity index (χ0v) is 11.8. The Bertz CT molecular complexity index is 348. The molecule has 1 aliphatic rings. The molecule has 0 saturated carbocycles. The third-order valence-electron chi connectivity index (χ3n) is 2.85. The average Bonchev–Trinajstić information content (AvgIpc) is 2.28. The highest BCUT2D eigenvalue weighted by atomic mass is 16.6. The van der Waals surface area contributed by atoms with Gasteiger partial charge in [0.1, 0.15) is 6.10 Å². The highest BCUT2D eigenvalue weighted by molar-refractivity contribution is 5.82. The van der Waals surface area contributed by atoms with E-state index in [0.717, 1.165) is 12.0 Å². The smallest absolute Gasteiger partial charge is 0.330 e. The van der Waals surface area contributed by atoms with E-state index >= 15 is 0 Å². The van der Waals surface area contributed by atoms with Gasteiger partial charge in [-0.15, -0.1) is 0 Å². The number of hydrogen-bond donors (Lipinski definition) is 0. The summed E-state index contributed by atoms with van der Waals surface area (Å²) < 4.78 is 15.7. The zero-order chi connectivity index (χ0) is 14.3. The molecule has 0 bridgehead atoms. The lowest BCUT2D eigenvalue weighted by Gasteiger charge is -2.29. The van der Waals surface area contributed by atoms with Crippen molar-refractivity contribution in [3.8, 4) is 0 Å². The van der Waals surface area contributed by atoms with Crippen LogP contribution < -0.4 is 0 Å². The van der Waals surface area contributed by atoms with Crippen LogP contribution in [0.3, 0.4) is 0 Å². The van der Waals surface area contributed by atoms with Crippen molar-refractivity contribution in [2.45, 2.75) is 52.2 Å². The van der Waals surface area contributed by atoms with Crippen molar-refractivity contribution in [1.82, 2.24) is 0 Å². The van der Waals surface area contributed by atoms with Crippen LogP contribution in [-0.2, 0) is 23.8 Å². The minimum absolute atomic E-state index is 0.0104. The van der Waals surface area contributed by atoms with Crippen LogP contribution in [0.5, 0.6) is 0 Å². The van der Waals surface area contributed by atoms with Gasteiger partial charge in [-0.05, 0) is 20.3 Å². The summed E-state index contributed by atoms with van der Waals surface area (Å²) in [5, 5.41) is 0. The van der Waals surface area contributed by atoms with E-state index in [0.29, 0.717) is 26.1 Å². The first-order valence-corrected chi connectivity index (χ1v) is 6.64. The second-order valence-electron chi connectivity index (χ2n) is 4.70. The van der Waals surface area contributed by atoms with E-state index in [4.69, 9.17) is 14.2 Å². The molecule has 0 aliphatic carbocycles. The largest absolute Gasteiger partial charge is 0.463 e. The van der Waals surface area contributed by atoms with Gasteiger partial charge in [-0.2, -0.15) is 0 Å². The molecular formula is C14H22O5. The molecule has 0 N–H and O–H groups in total. The van der Waals surface area contributed by atoms with Crippen molar-refractivity contribution in [2.24, 2.45) is 0 Å². The Kier molecular flexibility index (Phi) is 6.56. The Morgan fingerprint density at radius 1 is 1.37 bits per heavy atom. The maximum atomic E-state index is 11.3. The third kappa shape index (κ3) is 6.38. The highest BCUT2D eigenvalue weighted by Crippen LogP contribution is 2.22. The van der Waals surface area contributed by atoms with Gasteiger partial charge >= 0.3 is 11.9 Å². The predicted octanol–water partition coefficient (Wildman–Crippen LogP) is 2.00. The molecule has 0 spiro atoms. The maximum Gasteiger partial charge on any atom is 0.330 e. The molecule has 0 aromatic carbocycles. The Morgan fingerprint density at radius 3 is 2.74 bits per heavy atom. The molecule has 108 valence electrons. The lowest BCUT2D eigenvalue weighted by molar-refractivity contribution is -0.153. The van der Waals surface area contributed by atoms with Gasteiger partial charge in [0, 0.05) is 25.8 Å². The first kappa shape index (κ1) is 15.7. The van der Waals surface area contributed by atoms with Gasteiger partial charge in [0.2, 0.25) is 0 Å². The Morgan fingerprint density at radius 2 is 2.11 bits per heavy atom. The van der Waals surface area contributed by atoms with Crippen LogP contribution >= 0.6 is 0 Å². The number of ether oxygens (including phenoxy) is 3. The van der Waals surface area contributed by atoms with E-state index in [2.05, 4.69) is 0 Å². The van der Waals surface area contributed by atoms with Gasteiger partial charge in [-0.25, -0.2) is 4.79 Å². The summed E-state index contributed by atoms with van der Waals surface area (Å²) in [6.45, 7) is 6.01. The molecule has 5 heteroatoms. The Labute approximate surface area is 113 Å². The number of hydrogen-bond acceptors (Lipinski definition) is 5. The molecule has 19 heavy (non-hydrogen) atoms. The summed E-state index contributed by atoms with van der Waals surface area (Å²) in [5.41, 5.74) is 0.909. The van der Waals surface area contributed by atoms with Gasteiger partial charge in [0.05, 0.1) is 19.3 Å². The van der Waals surface area contributed by atoms with E-state index in [1.54, 1.807) is 6.92 Å². The fourth-order valence-electron chi connectivity index (χ4n) is 2.13. The van der Waals surface area contributed by atoms with Gasteiger partial charge < -0.3 is 14.2 Å². The van der Waals surface area contributed by atoms with E-state index in [-0.39, 0.29) is 24.1 Å². The van der Waals surface area contributed by atoms with Gasteiger partial charge in [-0.3, -0.25) is 4.79 Å². The molecule has 0 aromatic rings. The molecule has 2 atom stereocenters. The summed E-state index contributed by atoms with van der Waals surface area (Å²) in [7, 11) is 0. The van der Waals surface area contributed by atoms with Gasteiger partial charge in [-0.1, -0.05) is 5.57 Å². The van der Waals surface area contributed by atoms with E-state index in [1.807, 2.05) is 6.92 Å². The predicted molar refractivity (Wildman–Crippen MR) is 69.5 cm³/mol. The molecule has 2 unspecified atom stereocenters. The average molecular weight is 270 g/mol. The van der Waals surface area contributed by atoms with Crippen molar-refractivity contribution in [3.63, 3.8) is 0 Å². The summed E-state index contributed by atoms with van der Waals surface area (Å²) in [5.74, 6) is -0.586. The van der Waals surface area contributed by atoms with Crippen LogP contribution in [0, 0.1) is 0 Å². The summed E-state index contributed by atoms with van der Waals surface area (Å²) in [6, 6.07) is 0. The lowest BCUT2D eigenvalue weighted by Crippen LogP contribution is -2.32. The quantitative estimate of drug-likeness (QED) is 0.565. The zero-order valence-electron chi connectivity index (χ0n) is 11.8. The molecule has 1 aliphatic heterocycles. The fraction of sp³-hybridized carbons (Fsp3) is 0.714. The van der Waals surface area contributed by atoms with Crippen LogP contribution in [0.4, 0.5) is 0 Å². The Hall–Kier alpha value is -1.36. The molecule has 5 nitrogen and oxygen atoms in total. The highest BCUT2D eigenvalue weighted by Gasteiger charge is 2.24. The van der Waals surface area contributed by atoms with Crippen LogP contribution in [0.1, 0.15) is 40.0 Å². The van der Waals surface area contributed by atoms with Crippen LogP contribution in [0.2, 0.25) is 0 Å². The molecule has 0 amide bonds. The van der Waals surface area contributed by atoms with E-state index in [1.165, 1.54) is 13.0 Å². The Balaban J connectivity index is 2.43. The lowest BCUT2D eigenvalue weighted by atomic mass is 10.00. The van der Waals surface area contributed by atoms with Crippen LogP contribution in [0.15, 0.2) is 11.6 Å². The van der Waals surface area contributed by atoms with Crippen molar-refractivity contribution >= 4 is 11.9 Å². The minimum atomic E-state index is -0.327. The second-order valence-corrected chi connectivity index (χ2v) is 4.70. The first-order valence-electron chi connectivity index (χ1n) is 6.64. The summed E-state index contributed by atoms with van der Waals surface area (Å²) >= 11 is 0. The number of carbonyl (C=O) groups excluding carboxylic acids is 2. The maximum absolute atomic E-state index is 11.3. The van der Waals surface area contributed by atoms with Crippen molar-refractivity contribution in [3.05, 3.63) is 11.6 Å². The molecule has 0 radical (unpaired) electrons.